The Bertz CT molecular complexity index is 360. The average molecular weight is 276 g/mol. The smallest absolute Gasteiger partial charge is 0.0942 e. The van der Waals surface area contributed by atoms with Crippen LogP contribution in [0.3, 0.4) is 0 Å². The summed E-state index contributed by atoms with van der Waals surface area (Å²) in [7, 11) is 0. The first-order chi connectivity index (χ1) is 8.04. The molecule has 96 valence electrons. The minimum absolute atomic E-state index is 0.250. The summed E-state index contributed by atoms with van der Waals surface area (Å²) in [6, 6.07) is 5.63. The summed E-state index contributed by atoms with van der Waals surface area (Å²) in [5.74, 6) is 0. The number of hydrogen-bond donors (Lipinski definition) is 3. The first-order valence-corrected chi connectivity index (χ1v) is 6.78. The van der Waals surface area contributed by atoms with Gasteiger partial charge in [-0.2, -0.15) is 0 Å². The number of aliphatic hydroxyl groups excluding tert-OH is 2. The lowest BCUT2D eigenvalue weighted by atomic mass is 10.3. The van der Waals surface area contributed by atoms with Crippen molar-refractivity contribution in [1.82, 2.24) is 0 Å². The maximum Gasteiger partial charge on any atom is 0.0942 e. The van der Waals surface area contributed by atoms with Crippen molar-refractivity contribution in [2.24, 2.45) is 0 Å². The lowest BCUT2D eigenvalue weighted by Crippen LogP contribution is -2.23. The van der Waals surface area contributed by atoms with Crippen LogP contribution in [0.4, 0.5) is 5.69 Å². The van der Waals surface area contributed by atoms with E-state index < -0.39 is 6.10 Å². The molecule has 0 saturated heterocycles. The lowest BCUT2D eigenvalue weighted by Gasteiger charge is -2.16. The van der Waals surface area contributed by atoms with Gasteiger partial charge in [0.15, 0.2) is 0 Å². The molecule has 0 spiro atoms. The number of halogens is 1. The first-order valence-electron chi connectivity index (χ1n) is 5.52. The highest BCUT2D eigenvalue weighted by atomic mass is 35.5. The largest absolute Gasteiger partial charge is 0.394 e. The molecule has 0 aromatic heterocycles. The van der Waals surface area contributed by atoms with Gasteiger partial charge in [0.2, 0.25) is 0 Å². The standard InChI is InChI=1S/C12H18ClNO2S/c1-8(2)17-12-10(13)4-3-5-11(12)14-6-9(16)7-15/h3-5,8-9,14-16H,6-7H2,1-2H3. The highest BCUT2D eigenvalue weighted by molar-refractivity contribution is 8.00. The van der Waals surface area contributed by atoms with Crippen molar-refractivity contribution < 1.29 is 10.2 Å². The molecular weight excluding hydrogens is 258 g/mol. The van der Waals surface area contributed by atoms with Crippen molar-refractivity contribution in [3.8, 4) is 0 Å². The van der Waals surface area contributed by atoms with E-state index in [2.05, 4.69) is 19.2 Å². The normalized spacial score (nSPS) is 12.8. The predicted octanol–water partition coefficient (Wildman–Crippen LogP) is 2.61. The third-order valence-corrected chi connectivity index (χ3v) is 3.63. The van der Waals surface area contributed by atoms with Crippen molar-refractivity contribution >= 4 is 29.1 Å². The van der Waals surface area contributed by atoms with Gasteiger partial charge in [-0.05, 0) is 12.1 Å². The van der Waals surface area contributed by atoms with Crippen LogP contribution in [-0.2, 0) is 0 Å². The van der Waals surface area contributed by atoms with Gasteiger partial charge in [-0.1, -0.05) is 31.5 Å². The molecule has 1 aromatic rings. The second-order valence-corrected chi connectivity index (χ2v) is 5.99. The van der Waals surface area contributed by atoms with Crippen molar-refractivity contribution in [1.29, 1.82) is 0 Å². The van der Waals surface area contributed by atoms with Crippen LogP contribution in [-0.4, -0.2) is 34.7 Å². The van der Waals surface area contributed by atoms with Crippen LogP contribution in [0, 0.1) is 0 Å². The van der Waals surface area contributed by atoms with Gasteiger partial charge in [-0.3, -0.25) is 0 Å². The van der Waals surface area contributed by atoms with Gasteiger partial charge in [0.25, 0.3) is 0 Å². The molecule has 0 fully saturated rings. The Kier molecular flexibility index (Phi) is 6.12. The Morgan fingerprint density at radius 2 is 2.12 bits per heavy atom. The monoisotopic (exact) mass is 275 g/mol. The third kappa shape index (κ3) is 4.76. The van der Waals surface area contributed by atoms with E-state index in [0.29, 0.717) is 16.8 Å². The molecule has 3 nitrogen and oxygen atoms in total. The van der Waals surface area contributed by atoms with E-state index in [4.69, 9.17) is 16.7 Å². The van der Waals surface area contributed by atoms with Crippen molar-refractivity contribution in [3.63, 3.8) is 0 Å². The molecule has 0 saturated carbocycles. The first kappa shape index (κ1) is 14.6. The summed E-state index contributed by atoms with van der Waals surface area (Å²) < 4.78 is 0. The van der Waals surface area contributed by atoms with E-state index in [1.165, 1.54) is 0 Å². The average Bonchev–Trinajstić information content (AvgIpc) is 2.29. The molecule has 0 aliphatic carbocycles. The molecule has 1 rings (SSSR count). The number of hydrogen-bond acceptors (Lipinski definition) is 4. The molecule has 0 amide bonds. The van der Waals surface area contributed by atoms with E-state index in [-0.39, 0.29) is 6.61 Å². The van der Waals surface area contributed by atoms with E-state index >= 15 is 0 Å². The highest BCUT2D eigenvalue weighted by Crippen LogP contribution is 2.36. The Morgan fingerprint density at radius 3 is 2.71 bits per heavy atom. The molecule has 0 heterocycles. The zero-order valence-corrected chi connectivity index (χ0v) is 11.6. The van der Waals surface area contributed by atoms with Gasteiger partial charge in [0.05, 0.1) is 17.7 Å². The third-order valence-electron chi connectivity index (χ3n) is 2.06. The van der Waals surface area contributed by atoms with Crippen LogP contribution in [0.1, 0.15) is 13.8 Å². The molecular formula is C12H18ClNO2S. The maximum absolute atomic E-state index is 9.31. The van der Waals surface area contributed by atoms with Crippen LogP contribution in [0.2, 0.25) is 5.02 Å². The molecule has 0 bridgehead atoms. The summed E-state index contributed by atoms with van der Waals surface area (Å²) >= 11 is 7.82. The molecule has 0 aliphatic heterocycles. The highest BCUT2D eigenvalue weighted by Gasteiger charge is 2.10. The Balaban J connectivity index is 2.79. The summed E-state index contributed by atoms with van der Waals surface area (Å²) in [6.07, 6.45) is -0.758. The van der Waals surface area contributed by atoms with E-state index in [0.717, 1.165) is 10.6 Å². The Morgan fingerprint density at radius 1 is 1.41 bits per heavy atom. The fraction of sp³-hybridized carbons (Fsp3) is 0.500. The minimum atomic E-state index is -0.758. The minimum Gasteiger partial charge on any atom is -0.394 e. The van der Waals surface area contributed by atoms with Crippen LogP contribution in [0.15, 0.2) is 23.1 Å². The summed E-state index contributed by atoms with van der Waals surface area (Å²) in [5, 5.41) is 22.3. The van der Waals surface area contributed by atoms with E-state index in [1.54, 1.807) is 11.8 Å². The molecule has 3 N–H and O–H groups in total. The molecule has 1 atom stereocenters. The van der Waals surface area contributed by atoms with Gasteiger partial charge in [-0.25, -0.2) is 0 Å². The SMILES string of the molecule is CC(C)Sc1c(Cl)cccc1NCC(O)CO. The van der Waals surface area contributed by atoms with Gasteiger partial charge in [0.1, 0.15) is 0 Å². The van der Waals surface area contributed by atoms with Crippen LogP contribution >= 0.6 is 23.4 Å². The zero-order valence-electron chi connectivity index (χ0n) is 9.98. The number of thioether (sulfide) groups is 1. The molecule has 17 heavy (non-hydrogen) atoms. The van der Waals surface area contributed by atoms with Crippen molar-refractivity contribution in [3.05, 3.63) is 23.2 Å². The van der Waals surface area contributed by atoms with Gasteiger partial charge in [0, 0.05) is 22.4 Å². The molecule has 5 heteroatoms. The number of nitrogens with one attached hydrogen (secondary N) is 1. The van der Waals surface area contributed by atoms with E-state index in [1.807, 2.05) is 18.2 Å². The van der Waals surface area contributed by atoms with Gasteiger partial charge >= 0.3 is 0 Å². The molecule has 1 unspecified atom stereocenters. The fourth-order valence-electron chi connectivity index (χ4n) is 1.30. The molecule has 0 aliphatic rings. The lowest BCUT2D eigenvalue weighted by molar-refractivity contribution is 0.105. The topological polar surface area (TPSA) is 52.5 Å². The second-order valence-electron chi connectivity index (χ2n) is 4.00. The number of anilines is 1. The second kappa shape index (κ2) is 7.11. The number of aliphatic hydroxyl groups is 2. The van der Waals surface area contributed by atoms with Gasteiger partial charge < -0.3 is 15.5 Å². The maximum atomic E-state index is 9.31. The van der Waals surface area contributed by atoms with Crippen LogP contribution < -0.4 is 5.32 Å². The molecule has 0 radical (unpaired) electrons. The van der Waals surface area contributed by atoms with Crippen molar-refractivity contribution in [2.45, 2.75) is 30.1 Å². The number of benzene rings is 1. The van der Waals surface area contributed by atoms with E-state index in [9.17, 15) is 5.11 Å². The zero-order chi connectivity index (χ0) is 12.8. The fourth-order valence-corrected chi connectivity index (χ4v) is 2.52. The number of rotatable bonds is 6. The summed E-state index contributed by atoms with van der Waals surface area (Å²) in [6.45, 7) is 4.25. The molecule has 1 aromatic carbocycles. The van der Waals surface area contributed by atoms with Gasteiger partial charge in [-0.15, -0.1) is 11.8 Å². The van der Waals surface area contributed by atoms with Crippen molar-refractivity contribution in [2.75, 3.05) is 18.5 Å². The Hall–Kier alpha value is -0.420. The van der Waals surface area contributed by atoms with Crippen LogP contribution in [0.5, 0.6) is 0 Å². The quantitative estimate of drug-likeness (QED) is 0.699. The van der Waals surface area contributed by atoms with Crippen LogP contribution in [0.25, 0.3) is 0 Å². The summed E-state index contributed by atoms with van der Waals surface area (Å²) in [5.41, 5.74) is 0.892. The predicted molar refractivity (Wildman–Crippen MR) is 74.0 cm³/mol. The summed E-state index contributed by atoms with van der Waals surface area (Å²) in [4.78, 5) is 0.981. The Labute approximate surface area is 111 Å².